The topological polar surface area (TPSA) is 37.3 Å². The average molecular weight is 221 g/mol. The molecule has 0 fully saturated rings. The van der Waals surface area contributed by atoms with E-state index in [2.05, 4.69) is 0 Å². The van der Waals surface area contributed by atoms with E-state index in [0.717, 1.165) is 6.07 Å². The summed E-state index contributed by atoms with van der Waals surface area (Å²) in [6.45, 7) is 1.30. The van der Waals surface area contributed by atoms with Crippen LogP contribution in [0.3, 0.4) is 0 Å². The van der Waals surface area contributed by atoms with E-state index in [0.29, 0.717) is 6.07 Å². The molecule has 1 unspecified atom stereocenters. The van der Waals surface area contributed by atoms with Gasteiger partial charge in [-0.05, 0) is 13.0 Å². The van der Waals surface area contributed by atoms with Gasteiger partial charge in [0, 0.05) is 11.6 Å². The highest BCUT2D eigenvalue weighted by Crippen LogP contribution is 2.25. The van der Waals surface area contributed by atoms with Gasteiger partial charge in [-0.25, -0.2) is 8.78 Å². The van der Waals surface area contributed by atoms with Gasteiger partial charge in [-0.15, -0.1) is 0 Å². The van der Waals surface area contributed by atoms with E-state index in [1.165, 1.54) is 6.92 Å². The minimum absolute atomic E-state index is 0.121. The Morgan fingerprint density at radius 1 is 1.43 bits per heavy atom. The molecule has 14 heavy (non-hydrogen) atoms. The summed E-state index contributed by atoms with van der Waals surface area (Å²) < 4.78 is 25.8. The summed E-state index contributed by atoms with van der Waals surface area (Å²) in [5.41, 5.74) is -0.121. The number of hydrogen-bond acceptors (Lipinski definition) is 1. The molecule has 1 atom stereocenters. The van der Waals surface area contributed by atoms with Crippen LogP contribution in [0.5, 0.6) is 0 Å². The smallest absolute Gasteiger partial charge is 0.310 e. The van der Waals surface area contributed by atoms with Crippen LogP contribution < -0.4 is 0 Å². The first-order valence-electron chi connectivity index (χ1n) is 3.80. The molecule has 0 radical (unpaired) electrons. The Hall–Kier alpha value is -1.16. The fraction of sp³-hybridized carbons (Fsp3) is 0.222. The molecule has 76 valence electrons. The van der Waals surface area contributed by atoms with Gasteiger partial charge in [0.2, 0.25) is 0 Å². The molecule has 0 spiro atoms. The van der Waals surface area contributed by atoms with Crippen LogP contribution in [0, 0.1) is 11.6 Å². The largest absolute Gasteiger partial charge is 0.481 e. The molecule has 5 heteroatoms. The van der Waals surface area contributed by atoms with E-state index < -0.39 is 23.5 Å². The van der Waals surface area contributed by atoms with E-state index in [-0.39, 0.29) is 10.6 Å². The van der Waals surface area contributed by atoms with Gasteiger partial charge in [-0.1, -0.05) is 11.6 Å². The second-order valence-electron chi connectivity index (χ2n) is 2.85. The van der Waals surface area contributed by atoms with Crippen molar-refractivity contribution in [1.29, 1.82) is 0 Å². The molecule has 0 heterocycles. The van der Waals surface area contributed by atoms with Gasteiger partial charge in [0.1, 0.15) is 11.6 Å². The third-order valence-corrected chi connectivity index (χ3v) is 2.17. The van der Waals surface area contributed by atoms with Crippen LogP contribution in [-0.2, 0) is 4.79 Å². The van der Waals surface area contributed by atoms with Crippen LogP contribution in [0.2, 0.25) is 5.02 Å². The molecule has 1 N–H and O–H groups in total. The molecule has 0 aliphatic rings. The Morgan fingerprint density at radius 2 is 2.00 bits per heavy atom. The van der Waals surface area contributed by atoms with E-state index in [1.54, 1.807) is 0 Å². The molecule has 0 bridgehead atoms. The molecular formula is C9H7ClF2O2. The van der Waals surface area contributed by atoms with E-state index >= 15 is 0 Å². The molecule has 0 amide bonds. The van der Waals surface area contributed by atoms with Crippen molar-refractivity contribution < 1.29 is 18.7 Å². The van der Waals surface area contributed by atoms with Crippen LogP contribution in [-0.4, -0.2) is 11.1 Å². The molecular weight excluding hydrogens is 214 g/mol. The minimum Gasteiger partial charge on any atom is -0.481 e. The summed E-state index contributed by atoms with van der Waals surface area (Å²) in [5, 5.41) is 8.33. The number of halogens is 3. The first kappa shape index (κ1) is 10.9. The van der Waals surface area contributed by atoms with Crippen molar-refractivity contribution >= 4 is 17.6 Å². The standard InChI is InChI=1S/C9H7ClF2O2/c1-4(9(13)14)5-2-6(10)8(12)3-7(5)11/h2-4H,1H3,(H,13,14). The second-order valence-corrected chi connectivity index (χ2v) is 3.25. The van der Waals surface area contributed by atoms with Crippen molar-refractivity contribution in [3.8, 4) is 0 Å². The maximum Gasteiger partial charge on any atom is 0.310 e. The number of hydrogen-bond donors (Lipinski definition) is 1. The highest BCUT2D eigenvalue weighted by atomic mass is 35.5. The van der Waals surface area contributed by atoms with Crippen LogP contribution >= 0.6 is 11.6 Å². The third-order valence-electron chi connectivity index (χ3n) is 1.88. The molecule has 1 aromatic carbocycles. The molecule has 2 nitrogen and oxygen atoms in total. The SMILES string of the molecule is CC(C(=O)O)c1cc(Cl)c(F)cc1F. The number of benzene rings is 1. The Labute approximate surface area is 84.1 Å². The van der Waals surface area contributed by atoms with Crippen LogP contribution in [0.4, 0.5) is 8.78 Å². The van der Waals surface area contributed by atoms with Crippen LogP contribution in [0.1, 0.15) is 18.4 Å². The summed E-state index contributed by atoms with van der Waals surface area (Å²) in [4.78, 5) is 10.5. The number of rotatable bonds is 2. The summed E-state index contributed by atoms with van der Waals surface area (Å²) >= 11 is 5.40. The van der Waals surface area contributed by atoms with Gasteiger partial charge >= 0.3 is 5.97 Å². The average Bonchev–Trinajstić information content (AvgIpc) is 2.10. The fourth-order valence-electron chi connectivity index (χ4n) is 1.00. The highest BCUT2D eigenvalue weighted by Gasteiger charge is 2.19. The Kier molecular flexibility index (Phi) is 3.06. The zero-order chi connectivity index (χ0) is 10.9. The first-order chi connectivity index (χ1) is 6.43. The van der Waals surface area contributed by atoms with Gasteiger partial charge < -0.3 is 5.11 Å². The highest BCUT2D eigenvalue weighted by molar-refractivity contribution is 6.30. The number of carboxylic acid groups (broad SMARTS) is 1. The lowest BCUT2D eigenvalue weighted by Gasteiger charge is -2.08. The lowest BCUT2D eigenvalue weighted by molar-refractivity contribution is -0.138. The quantitative estimate of drug-likeness (QED) is 0.779. The number of aliphatic carboxylic acids is 1. The van der Waals surface area contributed by atoms with E-state index in [9.17, 15) is 13.6 Å². The molecule has 0 saturated heterocycles. The lowest BCUT2D eigenvalue weighted by Crippen LogP contribution is -2.09. The van der Waals surface area contributed by atoms with Gasteiger partial charge in [0.15, 0.2) is 0 Å². The molecule has 0 aromatic heterocycles. The van der Waals surface area contributed by atoms with Gasteiger partial charge in [0.05, 0.1) is 10.9 Å². The molecule has 0 aliphatic carbocycles. The number of carbonyl (C=O) groups is 1. The Balaban J connectivity index is 3.22. The lowest BCUT2D eigenvalue weighted by atomic mass is 10.0. The predicted molar refractivity (Wildman–Crippen MR) is 47.4 cm³/mol. The minimum atomic E-state index is -1.19. The summed E-state index contributed by atoms with van der Waals surface area (Å²) in [6.07, 6.45) is 0. The first-order valence-corrected chi connectivity index (χ1v) is 4.18. The van der Waals surface area contributed by atoms with Gasteiger partial charge in [-0.2, -0.15) is 0 Å². The fourth-order valence-corrected chi connectivity index (χ4v) is 1.17. The van der Waals surface area contributed by atoms with E-state index in [1.807, 2.05) is 0 Å². The van der Waals surface area contributed by atoms with Crippen molar-refractivity contribution in [3.05, 3.63) is 34.4 Å². The van der Waals surface area contributed by atoms with Crippen LogP contribution in [0.25, 0.3) is 0 Å². The molecule has 1 rings (SSSR count). The summed E-state index contributed by atoms with van der Waals surface area (Å²) in [6, 6.07) is 1.57. The third kappa shape index (κ3) is 2.01. The molecule has 1 aromatic rings. The van der Waals surface area contributed by atoms with Crippen molar-refractivity contribution in [1.82, 2.24) is 0 Å². The second kappa shape index (κ2) is 3.92. The van der Waals surface area contributed by atoms with E-state index in [4.69, 9.17) is 16.7 Å². The number of carboxylic acids is 1. The molecule has 0 aliphatic heterocycles. The maximum absolute atomic E-state index is 13.1. The predicted octanol–water partition coefficient (Wildman–Crippen LogP) is 2.81. The summed E-state index contributed by atoms with van der Waals surface area (Å²) in [7, 11) is 0. The van der Waals surface area contributed by atoms with Gasteiger partial charge in [-0.3, -0.25) is 4.79 Å². The van der Waals surface area contributed by atoms with Crippen molar-refractivity contribution in [2.24, 2.45) is 0 Å². The van der Waals surface area contributed by atoms with Crippen molar-refractivity contribution in [2.75, 3.05) is 0 Å². The zero-order valence-corrected chi connectivity index (χ0v) is 7.98. The monoisotopic (exact) mass is 220 g/mol. The maximum atomic E-state index is 13.1. The Morgan fingerprint density at radius 3 is 2.50 bits per heavy atom. The summed E-state index contributed by atoms with van der Waals surface area (Å²) in [5.74, 6) is -4.04. The van der Waals surface area contributed by atoms with Crippen molar-refractivity contribution in [2.45, 2.75) is 12.8 Å². The van der Waals surface area contributed by atoms with Crippen LogP contribution in [0.15, 0.2) is 12.1 Å². The van der Waals surface area contributed by atoms with Gasteiger partial charge in [0.25, 0.3) is 0 Å². The normalized spacial score (nSPS) is 12.6. The molecule has 0 saturated carbocycles. The zero-order valence-electron chi connectivity index (χ0n) is 7.22. The van der Waals surface area contributed by atoms with Crippen molar-refractivity contribution in [3.63, 3.8) is 0 Å². The Bertz CT molecular complexity index is 379.